The highest BCUT2D eigenvalue weighted by Gasteiger charge is 2.51. The maximum Gasteiger partial charge on any atom is 0.334 e. The Morgan fingerprint density at radius 3 is 2.31 bits per heavy atom. The molecule has 0 radical (unpaired) electrons. The first-order chi connectivity index (χ1) is 18.9. The third-order valence-electron chi connectivity index (χ3n) is 6.95. The average Bonchev–Trinajstić information content (AvgIpc) is 2.93. The number of rotatable bonds is 10. The molecule has 2 saturated heterocycles. The molecule has 204 valence electrons. The Kier molecular flexibility index (Phi) is 9.18. The number of nitrogens with zero attached hydrogens (tertiary/aromatic N) is 4. The molecule has 4 rings (SSSR count). The van der Waals surface area contributed by atoms with Crippen LogP contribution in [0.1, 0.15) is 30.4 Å². The lowest BCUT2D eigenvalue weighted by atomic mass is 10.0. The zero-order valence-electron chi connectivity index (χ0n) is 21.7. The average molecular weight is 532 g/mol. The van der Waals surface area contributed by atoms with Gasteiger partial charge in [0.25, 0.3) is 0 Å². The fraction of sp³-hybridized carbons (Fsp3) is 0.379. The van der Waals surface area contributed by atoms with E-state index in [-0.39, 0.29) is 26.2 Å². The summed E-state index contributed by atoms with van der Waals surface area (Å²) in [6, 6.07) is 17.7. The molecule has 0 aliphatic carbocycles. The largest absolute Gasteiger partial charge is 0.481 e. The van der Waals surface area contributed by atoms with E-state index < -0.39 is 42.4 Å². The standard InChI is InChI=1S/C29H33N5O5/c1-2-16-32-21-26(35)33-24(18-27(36)37)28(38)31(17-10-9-13-22-11-5-3-6-12-22)20-25(33)34(32)29(39)30-19-23-14-7-4-8-15-23/h1,3-8,11-12,14-15,24-25H,9-10,13,16-21H2,(H,30,39)(H,36,37)/t24-,25-/m0/s1. The number of carboxylic acids is 1. The second kappa shape index (κ2) is 12.9. The molecule has 2 aliphatic heterocycles. The van der Waals surface area contributed by atoms with E-state index in [0.29, 0.717) is 13.0 Å². The zero-order valence-corrected chi connectivity index (χ0v) is 21.7. The van der Waals surface area contributed by atoms with Crippen LogP contribution in [0.15, 0.2) is 60.7 Å². The van der Waals surface area contributed by atoms with Gasteiger partial charge in [-0.05, 0) is 30.4 Å². The highest BCUT2D eigenvalue weighted by atomic mass is 16.4. The van der Waals surface area contributed by atoms with Crippen LogP contribution < -0.4 is 5.32 Å². The first kappa shape index (κ1) is 27.7. The molecular weight excluding hydrogens is 498 g/mol. The highest BCUT2D eigenvalue weighted by Crippen LogP contribution is 2.28. The predicted molar refractivity (Wildman–Crippen MR) is 144 cm³/mol. The second-order valence-corrected chi connectivity index (χ2v) is 9.64. The SMILES string of the molecule is C#CCN1CC(=O)N2[C@@H](CC(=O)O)C(=O)N(CCCCc3ccccc3)C[C@@H]2N1C(=O)NCc1ccccc1. The second-order valence-electron chi connectivity index (χ2n) is 9.64. The summed E-state index contributed by atoms with van der Waals surface area (Å²) in [5.41, 5.74) is 2.09. The maximum absolute atomic E-state index is 13.5. The summed E-state index contributed by atoms with van der Waals surface area (Å²) >= 11 is 0. The van der Waals surface area contributed by atoms with E-state index in [2.05, 4.69) is 11.2 Å². The van der Waals surface area contributed by atoms with Gasteiger partial charge in [0, 0.05) is 13.1 Å². The van der Waals surface area contributed by atoms with Crippen molar-refractivity contribution in [3.05, 3.63) is 71.8 Å². The van der Waals surface area contributed by atoms with E-state index in [4.69, 9.17) is 6.42 Å². The van der Waals surface area contributed by atoms with Crippen molar-refractivity contribution >= 4 is 23.8 Å². The van der Waals surface area contributed by atoms with Crippen molar-refractivity contribution in [2.24, 2.45) is 0 Å². The Bertz CT molecular complexity index is 1220. The molecular formula is C29H33N5O5. The number of hydrogen-bond acceptors (Lipinski definition) is 5. The Morgan fingerprint density at radius 2 is 1.67 bits per heavy atom. The molecule has 0 aromatic heterocycles. The van der Waals surface area contributed by atoms with Crippen molar-refractivity contribution in [1.29, 1.82) is 0 Å². The number of terminal acetylenes is 1. The minimum Gasteiger partial charge on any atom is -0.481 e. The molecule has 2 aliphatic rings. The van der Waals surface area contributed by atoms with Crippen molar-refractivity contribution < 1.29 is 24.3 Å². The van der Waals surface area contributed by atoms with Crippen LogP contribution in [0.2, 0.25) is 0 Å². The summed E-state index contributed by atoms with van der Waals surface area (Å²) in [6.07, 6.45) is 6.49. The number of urea groups is 1. The monoisotopic (exact) mass is 531 g/mol. The number of hydrazine groups is 1. The van der Waals surface area contributed by atoms with Crippen LogP contribution in [0, 0.1) is 12.3 Å². The first-order valence-electron chi connectivity index (χ1n) is 13.0. The van der Waals surface area contributed by atoms with E-state index in [0.717, 1.165) is 18.4 Å². The lowest BCUT2D eigenvalue weighted by Crippen LogP contribution is -2.76. The quantitative estimate of drug-likeness (QED) is 0.358. The molecule has 2 heterocycles. The summed E-state index contributed by atoms with van der Waals surface area (Å²) in [6.45, 7) is 0.464. The van der Waals surface area contributed by atoms with Gasteiger partial charge < -0.3 is 20.2 Å². The molecule has 2 fully saturated rings. The van der Waals surface area contributed by atoms with Gasteiger partial charge in [0.1, 0.15) is 12.2 Å². The molecule has 2 atom stereocenters. The number of aryl methyl sites for hydroxylation is 1. The topological polar surface area (TPSA) is 114 Å². The Labute approximate surface area is 228 Å². The number of carbonyl (C=O) groups excluding carboxylic acids is 3. The minimum absolute atomic E-state index is 0.00343. The van der Waals surface area contributed by atoms with Gasteiger partial charge in [-0.3, -0.25) is 14.4 Å². The molecule has 39 heavy (non-hydrogen) atoms. The summed E-state index contributed by atoms with van der Waals surface area (Å²) in [7, 11) is 0. The van der Waals surface area contributed by atoms with Gasteiger partial charge in [0.15, 0.2) is 0 Å². The predicted octanol–water partition coefficient (Wildman–Crippen LogP) is 1.93. The Morgan fingerprint density at radius 1 is 1.00 bits per heavy atom. The van der Waals surface area contributed by atoms with Gasteiger partial charge >= 0.3 is 12.0 Å². The molecule has 10 nitrogen and oxygen atoms in total. The highest BCUT2D eigenvalue weighted by molar-refractivity contribution is 5.93. The number of carboxylic acid groups (broad SMARTS) is 1. The minimum atomic E-state index is -1.21. The van der Waals surface area contributed by atoms with Crippen LogP contribution in [0.25, 0.3) is 0 Å². The van der Waals surface area contributed by atoms with Crippen LogP contribution in [0.4, 0.5) is 4.79 Å². The number of nitrogens with one attached hydrogen (secondary N) is 1. The molecule has 2 aromatic carbocycles. The van der Waals surface area contributed by atoms with E-state index in [1.165, 1.54) is 20.5 Å². The van der Waals surface area contributed by atoms with Crippen molar-refractivity contribution in [2.75, 3.05) is 26.2 Å². The normalized spacial score (nSPS) is 19.4. The van der Waals surface area contributed by atoms with E-state index in [1.54, 1.807) is 4.90 Å². The van der Waals surface area contributed by atoms with Crippen molar-refractivity contribution in [1.82, 2.24) is 25.1 Å². The third kappa shape index (κ3) is 6.75. The van der Waals surface area contributed by atoms with Gasteiger partial charge in [-0.1, -0.05) is 66.6 Å². The summed E-state index contributed by atoms with van der Waals surface area (Å²) in [4.78, 5) is 54.7. The molecule has 4 amide bonds. The van der Waals surface area contributed by atoms with Gasteiger partial charge in [-0.2, -0.15) is 5.01 Å². The molecule has 10 heteroatoms. The van der Waals surface area contributed by atoms with Crippen LogP contribution in [-0.4, -0.2) is 87.1 Å². The van der Waals surface area contributed by atoms with E-state index in [9.17, 15) is 24.3 Å². The zero-order chi connectivity index (χ0) is 27.8. The van der Waals surface area contributed by atoms with Gasteiger partial charge in [0.05, 0.1) is 26.1 Å². The fourth-order valence-corrected chi connectivity index (χ4v) is 5.13. The van der Waals surface area contributed by atoms with Crippen LogP contribution in [-0.2, 0) is 27.3 Å². The number of hydrogen-bond donors (Lipinski definition) is 2. The maximum atomic E-state index is 13.5. The molecule has 2 N–H and O–H groups in total. The molecule has 2 aromatic rings. The van der Waals surface area contributed by atoms with E-state index >= 15 is 0 Å². The number of carbonyl (C=O) groups is 4. The number of benzene rings is 2. The lowest BCUT2D eigenvalue weighted by molar-refractivity contribution is -0.190. The summed E-state index contributed by atoms with van der Waals surface area (Å²) in [5.74, 6) is 0.436. The van der Waals surface area contributed by atoms with Gasteiger partial charge in [-0.15, -0.1) is 6.42 Å². The lowest BCUT2D eigenvalue weighted by Gasteiger charge is -2.54. The van der Waals surface area contributed by atoms with Crippen LogP contribution >= 0.6 is 0 Å². The van der Waals surface area contributed by atoms with Crippen LogP contribution in [0.3, 0.4) is 0 Å². The number of aliphatic carboxylic acids is 1. The van der Waals surface area contributed by atoms with Crippen molar-refractivity contribution in [3.8, 4) is 12.3 Å². The Hall–Kier alpha value is -4.36. The smallest absolute Gasteiger partial charge is 0.334 e. The molecule has 0 unspecified atom stereocenters. The molecule has 0 spiro atoms. The molecule has 0 saturated carbocycles. The Balaban J connectivity index is 1.54. The molecule has 0 bridgehead atoms. The van der Waals surface area contributed by atoms with Crippen molar-refractivity contribution in [3.63, 3.8) is 0 Å². The van der Waals surface area contributed by atoms with Crippen molar-refractivity contribution in [2.45, 2.75) is 44.4 Å². The summed E-state index contributed by atoms with van der Waals surface area (Å²) < 4.78 is 0. The van der Waals surface area contributed by atoms with Gasteiger partial charge in [-0.25, -0.2) is 9.80 Å². The number of amides is 4. The first-order valence-corrected chi connectivity index (χ1v) is 13.0. The number of fused-ring (bicyclic) bond motifs is 1. The number of piperazine rings is 1. The third-order valence-corrected chi connectivity index (χ3v) is 6.95. The van der Waals surface area contributed by atoms with Gasteiger partial charge in [0.2, 0.25) is 11.8 Å². The van der Waals surface area contributed by atoms with Crippen LogP contribution in [0.5, 0.6) is 0 Å². The fourth-order valence-electron chi connectivity index (χ4n) is 5.13. The summed E-state index contributed by atoms with van der Waals surface area (Å²) in [5, 5.41) is 15.3. The van der Waals surface area contributed by atoms with E-state index in [1.807, 2.05) is 60.7 Å². The number of unbranched alkanes of at least 4 members (excludes halogenated alkanes) is 1.